The highest BCUT2D eigenvalue weighted by atomic mass is 79.9. The minimum atomic E-state index is -0.181. The van der Waals surface area contributed by atoms with Crippen LogP contribution in [0.25, 0.3) is 0 Å². The summed E-state index contributed by atoms with van der Waals surface area (Å²) < 4.78 is 16.6. The molecule has 1 aliphatic heterocycles. The standard InChI is InChI=1S/C22H28NO4.BrH/c1-23(15-22(24)27-4)11-10-17-13-20(25-2)21(26-3)14-18(17)19(23)12-16-8-6-5-7-9-16;/h5-9,13-14,19H,10-12,15H2,1-4H3;1H/q+1;/p-1/t19-,23+;/m1./s1. The van der Waals surface area contributed by atoms with Crippen LogP contribution in [-0.2, 0) is 22.4 Å². The number of fused-ring (bicyclic) bond motifs is 1. The van der Waals surface area contributed by atoms with Crippen molar-refractivity contribution in [3.8, 4) is 11.5 Å². The maximum Gasteiger partial charge on any atom is 0.361 e. The van der Waals surface area contributed by atoms with Crippen molar-refractivity contribution in [2.24, 2.45) is 0 Å². The first-order valence-electron chi connectivity index (χ1n) is 9.20. The summed E-state index contributed by atoms with van der Waals surface area (Å²) in [4.78, 5) is 12.1. The molecular formula is C22H28BrNO4. The van der Waals surface area contributed by atoms with E-state index in [9.17, 15) is 4.79 Å². The normalized spacial score (nSPS) is 20.5. The first-order valence-corrected chi connectivity index (χ1v) is 9.20. The van der Waals surface area contributed by atoms with Crippen LogP contribution in [0, 0.1) is 0 Å². The third-order valence-corrected chi connectivity index (χ3v) is 5.64. The molecule has 0 bridgehead atoms. The van der Waals surface area contributed by atoms with E-state index in [4.69, 9.17) is 14.2 Å². The SMILES string of the molecule is COC(=O)C[N@+]1(C)CCc2cc(OC)c(OC)cc2[C@H]1Cc1ccccc1.[Br-]. The summed E-state index contributed by atoms with van der Waals surface area (Å²) in [6, 6.07) is 14.7. The topological polar surface area (TPSA) is 44.8 Å². The van der Waals surface area contributed by atoms with Crippen LogP contribution >= 0.6 is 0 Å². The fourth-order valence-electron chi connectivity index (χ4n) is 4.05. The van der Waals surface area contributed by atoms with Crippen molar-refractivity contribution in [3.05, 3.63) is 59.2 Å². The molecule has 152 valence electrons. The van der Waals surface area contributed by atoms with Gasteiger partial charge in [-0.25, -0.2) is 4.79 Å². The predicted octanol–water partition coefficient (Wildman–Crippen LogP) is 0.167. The molecule has 1 heterocycles. The molecule has 1 aliphatic rings. The number of likely N-dealkylation sites (N-methyl/N-ethyl adjacent to an activating group) is 1. The lowest BCUT2D eigenvalue weighted by Gasteiger charge is -2.45. The number of esters is 1. The molecule has 0 unspecified atom stereocenters. The smallest absolute Gasteiger partial charge is 0.361 e. The molecule has 0 amide bonds. The summed E-state index contributed by atoms with van der Waals surface area (Å²) in [6.45, 7) is 1.22. The molecule has 0 spiro atoms. The Morgan fingerprint density at radius 1 is 1.07 bits per heavy atom. The average Bonchev–Trinajstić information content (AvgIpc) is 2.70. The third kappa shape index (κ3) is 4.50. The van der Waals surface area contributed by atoms with E-state index >= 15 is 0 Å². The number of hydrogen-bond acceptors (Lipinski definition) is 4. The molecule has 0 N–H and O–H groups in total. The van der Waals surface area contributed by atoms with Crippen LogP contribution in [0.1, 0.15) is 22.7 Å². The van der Waals surface area contributed by atoms with Gasteiger partial charge in [-0.15, -0.1) is 0 Å². The van der Waals surface area contributed by atoms with E-state index in [0.717, 1.165) is 30.9 Å². The van der Waals surface area contributed by atoms with Gasteiger partial charge in [0, 0.05) is 18.4 Å². The number of carbonyl (C=O) groups is 1. The monoisotopic (exact) mass is 449 g/mol. The molecular weight excluding hydrogens is 422 g/mol. The number of quaternary nitrogens is 1. The second-order valence-electron chi connectivity index (χ2n) is 7.30. The molecule has 0 saturated heterocycles. The van der Waals surface area contributed by atoms with Gasteiger partial charge in [0.05, 0.1) is 34.9 Å². The number of ether oxygens (including phenoxy) is 3. The van der Waals surface area contributed by atoms with E-state index in [-0.39, 0.29) is 29.0 Å². The Morgan fingerprint density at radius 3 is 2.32 bits per heavy atom. The quantitative estimate of drug-likeness (QED) is 0.465. The molecule has 2 aromatic carbocycles. The third-order valence-electron chi connectivity index (χ3n) is 5.64. The van der Waals surface area contributed by atoms with Crippen LogP contribution in [-0.4, -0.2) is 51.9 Å². The molecule has 0 fully saturated rings. The molecule has 0 aliphatic carbocycles. The summed E-state index contributed by atoms with van der Waals surface area (Å²) in [6.07, 6.45) is 1.73. The summed E-state index contributed by atoms with van der Waals surface area (Å²) in [5.74, 6) is 1.29. The van der Waals surface area contributed by atoms with Crippen molar-refractivity contribution >= 4 is 5.97 Å². The fourth-order valence-corrected chi connectivity index (χ4v) is 4.05. The zero-order chi connectivity index (χ0) is 19.4. The van der Waals surface area contributed by atoms with Crippen molar-refractivity contribution in [2.75, 3.05) is 41.5 Å². The fraction of sp³-hybridized carbons (Fsp3) is 0.409. The van der Waals surface area contributed by atoms with Gasteiger partial charge in [-0.2, -0.15) is 0 Å². The Balaban J connectivity index is 0.00000280. The number of benzene rings is 2. The lowest BCUT2D eigenvalue weighted by Crippen LogP contribution is -3.00. The Kier molecular flexibility index (Phi) is 7.49. The zero-order valence-electron chi connectivity index (χ0n) is 16.9. The van der Waals surface area contributed by atoms with Crippen LogP contribution in [0.3, 0.4) is 0 Å². The lowest BCUT2D eigenvalue weighted by atomic mass is 9.86. The van der Waals surface area contributed by atoms with E-state index in [0.29, 0.717) is 11.0 Å². The molecule has 0 saturated carbocycles. The maximum atomic E-state index is 12.1. The molecule has 0 aromatic heterocycles. The van der Waals surface area contributed by atoms with Crippen molar-refractivity contribution in [1.82, 2.24) is 0 Å². The lowest BCUT2D eigenvalue weighted by molar-refractivity contribution is -0.934. The highest BCUT2D eigenvalue weighted by Crippen LogP contribution is 2.42. The van der Waals surface area contributed by atoms with Crippen LogP contribution in [0.2, 0.25) is 0 Å². The Labute approximate surface area is 177 Å². The predicted molar refractivity (Wildman–Crippen MR) is 104 cm³/mol. The molecule has 0 radical (unpaired) electrons. The highest BCUT2D eigenvalue weighted by molar-refractivity contribution is 5.70. The largest absolute Gasteiger partial charge is 1.00 e. The summed E-state index contributed by atoms with van der Waals surface area (Å²) in [5, 5.41) is 0. The van der Waals surface area contributed by atoms with E-state index < -0.39 is 0 Å². The van der Waals surface area contributed by atoms with Crippen molar-refractivity contribution < 1.29 is 40.5 Å². The van der Waals surface area contributed by atoms with Gasteiger partial charge in [0.1, 0.15) is 6.04 Å². The summed E-state index contributed by atoms with van der Waals surface area (Å²) in [5.41, 5.74) is 3.72. The van der Waals surface area contributed by atoms with Crippen molar-refractivity contribution in [3.63, 3.8) is 0 Å². The Morgan fingerprint density at radius 2 is 1.71 bits per heavy atom. The van der Waals surface area contributed by atoms with Crippen molar-refractivity contribution in [2.45, 2.75) is 18.9 Å². The molecule has 28 heavy (non-hydrogen) atoms. The van der Waals surface area contributed by atoms with Gasteiger partial charge in [0.15, 0.2) is 18.0 Å². The summed E-state index contributed by atoms with van der Waals surface area (Å²) in [7, 11) is 6.91. The first kappa shape index (κ1) is 22.2. The number of halogens is 1. The van der Waals surface area contributed by atoms with Gasteiger partial charge >= 0.3 is 5.97 Å². The molecule has 5 nitrogen and oxygen atoms in total. The van der Waals surface area contributed by atoms with Gasteiger partial charge in [-0.3, -0.25) is 0 Å². The number of carbonyl (C=O) groups excluding carboxylic acids is 1. The van der Waals surface area contributed by atoms with E-state index in [1.807, 2.05) is 6.07 Å². The first-order chi connectivity index (χ1) is 13.0. The number of methoxy groups -OCH3 is 3. The second kappa shape index (κ2) is 9.43. The van der Waals surface area contributed by atoms with E-state index in [1.165, 1.54) is 23.8 Å². The molecule has 6 heteroatoms. The minimum Gasteiger partial charge on any atom is -1.00 e. The summed E-state index contributed by atoms with van der Waals surface area (Å²) >= 11 is 0. The van der Waals surface area contributed by atoms with Gasteiger partial charge in [0.2, 0.25) is 0 Å². The van der Waals surface area contributed by atoms with Crippen LogP contribution in [0.4, 0.5) is 0 Å². The van der Waals surface area contributed by atoms with Gasteiger partial charge in [-0.1, -0.05) is 30.3 Å². The van der Waals surface area contributed by atoms with Crippen LogP contribution in [0.15, 0.2) is 42.5 Å². The van der Waals surface area contributed by atoms with Crippen LogP contribution in [0.5, 0.6) is 11.5 Å². The van der Waals surface area contributed by atoms with Crippen LogP contribution < -0.4 is 26.5 Å². The second-order valence-corrected chi connectivity index (χ2v) is 7.30. The Hall–Kier alpha value is -2.05. The highest BCUT2D eigenvalue weighted by Gasteiger charge is 2.41. The number of nitrogens with zero attached hydrogens (tertiary/aromatic N) is 1. The van der Waals surface area contributed by atoms with Gasteiger partial charge in [-0.05, 0) is 23.3 Å². The van der Waals surface area contributed by atoms with E-state index in [2.05, 4.69) is 43.4 Å². The number of rotatable bonds is 6. The zero-order valence-corrected chi connectivity index (χ0v) is 18.5. The Bertz CT molecular complexity index is 812. The molecule has 3 rings (SSSR count). The van der Waals surface area contributed by atoms with Gasteiger partial charge < -0.3 is 35.7 Å². The van der Waals surface area contributed by atoms with Gasteiger partial charge in [0.25, 0.3) is 0 Å². The van der Waals surface area contributed by atoms with E-state index in [1.54, 1.807) is 14.2 Å². The average molecular weight is 450 g/mol. The molecule has 2 atom stereocenters. The maximum absolute atomic E-state index is 12.1. The van der Waals surface area contributed by atoms with Crippen molar-refractivity contribution in [1.29, 1.82) is 0 Å². The molecule has 2 aromatic rings. The number of hydrogen-bond donors (Lipinski definition) is 0. The minimum absolute atomic E-state index is 0.